The topological polar surface area (TPSA) is 88.7 Å². The first kappa shape index (κ1) is 17.8. The van der Waals surface area contributed by atoms with Crippen molar-refractivity contribution in [3.8, 4) is 5.75 Å². The fourth-order valence-electron chi connectivity index (χ4n) is 2.98. The number of benzene rings is 2. The number of hydrogen-bond acceptors (Lipinski definition) is 3. The van der Waals surface area contributed by atoms with E-state index in [2.05, 4.69) is 21.7 Å². The summed E-state index contributed by atoms with van der Waals surface area (Å²) in [6.07, 6.45) is 1.64. The SMILES string of the molecule is CC(=O)Nc1ccc(CCN=C(N)NC2CCOc3ccccc32)cc1. The number of amides is 1. The number of carbonyl (C=O) groups is 1. The molecule has 0 bridgehead atoms. The molecule has 1 aliphatic rings. The Labute approximate surface area is 153 Å². The molecule has 136 valence electrons. The van der Waals surface area contributed by atoms with Gasteiger partial charge in [-0.3, -0.25) is 9.79 Å². The molecule has 0 fully saturated rings. The van der Waals surface area contributed by atoms with Gasteiger partial charge in [0, 0.05) is 31.1 Å². The van der Waals surface area contributed by atoms with Crippen molar-refractivity contribution in [1.82, 2.24) is 5.32 Å². The highest BCUT2D eigenvalue weighted by Gasteiger charge is 2.21. The van der Waals surface area contributed by atoms with Gasteiger partial charge in [-0.1, -0.05) is 30.3 Å². The zero-order valence-electron chi connectivity index (χ0n) is 14.9. The van der Waals surface area contributed by atoms with Gasteiger partial charge in [0.05, 0.1) is 12.6 Å². The van der Waals surface area contributed by atoms with E-state index in [4.69, 9.17) is 10.5 Å². The van der Waals surface area contributed by atoms with Gasteiger partial charge in [-0.2, -0.15) is 0 Å². The molecule has 1 heterocycles. The number of anilines is 1. The van der Waals surface area contributed by atoms with E-state index in [0.717, 1.165) is 35.4 Å². The maximum absolute atomic E-state index is 11.0. The second kappa shape index (κ2) is 8.38. The van der Waals surface area contributed by atoms with E-state index >= 15 is 0 Å². The van der Waals surface area contributed by atoms with Crippen LogP contribution in [0.15, 0.2) is 53.5 Å². The van der Waals surface area contributed by atoms with Crippen molar-refractivity contribution in [2.75, 3.05) is 18.5 Å². The fraction of sp³-hybridized carbons (Fsp3) is 0.300. The summed E-state index contributed by atoms with van der Waals surface area (Å²) in [6, 6.07) is 15.9. The molecule has 0 aliphatic carbocycles. The van der Waals surface area contributed by atoms with Gasteiger partial charge in [0.15, 0.2) is 5.96 Å². The van der Waals surface area contributed by atoms with Crippen LogP contribution < -0.4 is 21.1 Å². The van der Waals surface area contributed by atoms with Crippen LogP contribution in [0.1, 0.15) is 30.5 Å². The molecule has 26 heavy (non-hydrogen) atoms. The smallest absolute Gasteiger partial charge is 0.221 e. The number of aliphatic imine (C=N–C) groups is 1. The van der Waals surface area contributed by atoms with Crippen LogP contribution in [-0.4, -0.2) is 25.0 Å². The zero-order chi connectivity index (χ0) is 18.4. The van der Waals surface area contributed by atoms with Gasteiger partial charge in [0.25, 0.3) is 0 Å². The number of nitrogens with zero attached hydrogens (tertiary/aromatic N) is 1. The monoisotopic (exact) mass is 352 g/mol. The maximum atomic E-state index is 11.0. The van der Waals surface area contributed by atoms with E-state index in [1.54, 1.807) is 0 Å². The number of nitrogens with one attached hydrogen (secondary N) is 2. The van der Waals surface area contributed by atoms with Crippen LogP contribution in [0.5, 0.6) is 5.75 Å². The van der Waals surface area contributed by atoms with Crippen LogP contribution in [0.3, 0.4) is 0 Å². The Kier molecular flexibility index (Phi) is 5.73. The summed E-state index contributed by atoms with van der Waals surface area (Å²) in [4.78, 5) is 15.5. The maximum Gasteiger partial charge on any atom is 0.221 e. The molecule has 2 aromatic rings. The minimum Gasteiger partial charge on any atom is -0.493 e. The molecular formula is C20H24N4O2. The molecule has 0 spiro atoms. The molecule has 2 aromatic carbocycles. The Bertz CT molecular complexity index is 787. The second-order valence-corrected chi connectivity index (χ2v) is 6.27. The van der Waals surface area contributed by atoms with Crippen molar-refractivity contribution in [3.63, 3.8) is 0 Å². The van der Waals surface area contributed by atoms with Crippen LogP contribution in [0.4, 0.5) is 5.69 Å². The lowest BCUT2D eigenvalue weighted by Gasteiger charge is -2.26. The number of fused-ring (bicyclic) bond motifs is 1. The minimum absolute atomic E-state index is 0.0733. The third-order valence-corrected chi connectivity index (χ3v) is 4.24. The minimum atomic E-state index is -0.0733. The van der Waals surface area contributed by atoms with Gasteiger partial charge in [0.1, 0.15) is 5.75 Å². The lowest BCUT2D eigenvalue weighted by Crippen LogP contribution is -2.37. The number of hydrogen-bond donors (Lipinski definition) is 3. The van der Waals surface area contributed by atoms with Crippen LogP contribution in [0.2, 0.25) is 0 Å². The normalized spacial score (nSPS) is 16.3. The Morgan fingerprint density at radius 3 is 2.77 bits per heavy atom. The fourth-order valence-corrected chi connectivity index (χ4v) is 2.98. The third-order valence-electron chi connectivity index (χ3n) is 4.24. The molecule has 6 nitrogen and oxygen atoms in total. The standard InChI is InChI=1S/C20H24N4O2/c1-14(25)23-16-8-6-15(7-9-16)10-12-22-20(21)24-18-11-13-26-19-5-3-2-4-17(18)19/h2-9,18H,10-13H2,1H3,(H,23,25)(H3,21,22,24). The number of nitrogens with two attached hydrogens (primary N) is 1. The van der Waals surface area contributed by atoms with Crippen LogP contribution in [0.25, 0.3) is 0 Å². The van der Waals surface area contributed by atoms with E-state index in [1.807, 2.05) is 42.5 Å². The van der Waals surface area contributed by atoms with E-state index < -0.39 is 0 Å². The molecule has 1 atom stereocenters. The number of carbonyl (C=O) groups excluding carboxylic acids is 1. The van der Waals surface area contributed by atoms with Crippen molar-refractivity contribution in [3.05, 3.63) is 59.7 Å². The summed E-state index contributed by atoms with van der Waals surface area (Å²) in [6.45, 7) is 2.76. The van der Waals surface area contributed by atoms with Crippen molar-refractivity contribution in [2.24, 2.45) is 10.7 Å². The van der Waals surface area contributed by atoms with Crippen LogP contribution in [-0.2, 0) is 11.2 Å². The average Bonchev–Trinajstić information content (AvgIpc) is 2.63. The number of rotatable bonds is 5. The first-order chi connectivity index (χ1) is 12.6. The summed E-state index contributed by atoms with van der Waals surface area (Å²) < 4.78 is 5.66. The summed E-state index contributed by atoms with van der Waals surface area (Å²) in [5.41, 5.74) is 9.11. The van der Waals surface area contributed by atoms with Gasteiger partial charge < -0.3 is 21.1 Å². The number of guanidine groups is 1. The van der Waals surface area contributed by atoms with Crippen LogP contribution >= 0.6 is 0 Å². The van der Waals surface area contributed by atoms with E-state index in [9.17, 15) is 4.79 Å². The molecule has 4 N–H and O–H groups in total. The van der Waals surface area contributed by atoms with Crippen molar-refractivity contribution >= 4 is 17.6 Å². The highest BCUT2D eigenvalue weighted by atomic mass is 16.5. The summed E-state index contributed by atoms with van der Waals surface area (Å²) in [5.74, 6) is 1.28. The van der Waals surface area contributed by atoms with Crippen molar-refractivity contribution in [1.29, 1.82) is 0 Å². The zero-order valence-corrected chi connectivity index (χ0v) is 14.9. The predicted octanol–water partition coefficient (Wildman–Crippen LogP) is 2.62. The summed E-state index contributed by atoms with van der Waals surface area (Å²) in [5, 5.41) is 6.05. The van der Waals surface area contributed by atoms with Gasteiger partial charge in [-0.25, -0.2) is 0 Å². The number of ether oxygens (including phenoxy) is 1. The summed E-state index contributed by atoms with van der Waals surface area (Å²) in [7, 11) is 0. The van der Waals surface area contributed by atoms with Gasteiger partial charge in [-0.05, 0) is 30.2 Å². The van der Waals surface area contributed by atoms with Crippen molar-refractivity contribution in [2.45, 2.75) is 25.8 Å². The van der Waals surface area contributed by atoms with E-state index in [-0.39, 0.29) is 11.9 Å². The lowest BCUT2D eigenvalue weighted by atomic mass is 10.0. The highest BCUT2D eigenvalue weighted by molar-refractivity contribution is 5.88. The van der Waals surface area contributed by atoms with Gasteiger partial charge in [-0.15, -0.1) is 0 Å². The first-order valence-corrected chi connectivity index (χ1v) is 8.76. The number of para-hydroxylation sites is 1. The van der Waals surface area contributed by atoms with E-state index in [0.29, 0.717) is 19.1 Å². The highest BCUT2D eigenvalue weighted by Crippen LogP contribution is 2.31. The molecule has 0 saturated heterocycles. The quantitative estimate of drug-likeness (QED) is 0.570. The Hall–Kier alpha value is -3.02. The molecular weight excluding hydrogens is 328 g/mol. The van der Waals surface area contributed by atoms with Crippen LogP contribution in [0, 0.1) is 0 Å². The third kappa shape index (κ3) is 4.75. The molecule has 1 aliphatic heterocycles. The van der Waals surface area contributed by atoms with Crippen molar-refractivity contribution < 1.29 is 9.53 Å². The molecule has 1 amide bonds. The van der Waals surface area contributed by atoms with Gasteiger partial charge in [0.2, 0.25) is 5.91 Å². The molecule has 1 unspecified atom stereocenters. The second-order valence-electron chi connectivity index (χ2n) is 6.27. The van der Waals surface area contributed by atoms with E-state index in [1.165, 1.54) is 6.92 Å². The molecule has 0 aromatic heterocycles. The Morgan fingerprint density at radius 1 is 1.23 bits per heavy atom. The van der Waals surface area contributed by atoms with Gasteiger partial charge >= 0.3 is 0 Å². The molecule has 6 heteroatoms. The summed E-state index contributed by atoms with van der Waals surface area (Å²) >= 11 is 0. The first-order valence-electron chi connectivity index (χ1n) is 8.76. The molecule has 0 radical (unpaired) electrons. The molecule has 0 saturated carbocycles. The predicted molar refractivity (Wildman–Crippen MR) is 103 cm³/mol. The Morgan fingerprint density at radius 2 is 2.00 bits per heavy atom. The largest absolute Gasteiger partial charge is 0.493 e. The molecule has 3 rings (SSSR count). The average molecular weight is 352 g/mol. The Balaban J connectivity index is 1.52. The lowest BCUT2D eigenvalue weighted by molar-refractivity contribution is -0.114.